The molecule has 0 bridgehead atoms. The third-order valence-electron chi connectivity index (χ3n) is 4.97. The lowest BCUT2D eigenvalue weighted by molar-refractivity contribution is -0.142. The van der Waals surface area contributed by atoms with Crippen LogP contribution >= 0.6 is 0 Å². The molecule has 1 aliphatic carbocycles. The van der Waals surface area contributed by atoms with Crippen LogP contribution < -0.4 is 0 Å². The van der Waals surface area contributed by atoms with Crippen LogP contribution in [-0.4, -0.2) is 47.9 Å². The lowest BCUT2D eigenvalue weighted by Gasteiger charge is -2.51. The molecule has 0 radical (unpaired) electrons. The van der Waals surface area contributed by atoms with Gasteiger partial charge in [0.25, 0.3) is 0 Å². The fourth-order valence-corrected chi connectivity index (χ4v) is 3.67. The molecule has 0 N–H and O–H groups in total. The molecule has 0 aromatic heterocycles. The van der Waals surface area contributed by atoms with Gasteiger partial charge in [0.05, 0.1) is 5.54 Å². The summed E-state index contributed by atoms with van der Waals surface area (Å²) in [7, 11) is 2.03. The Morgan fingerprint density at radius 1 is 1.29 bits per heavy atom. The molecule has 3 nitrogen and oxygen atoms in total. The van der Waals surface area contributed by atoms with Gasteiger partial charge >= 0.3 is 0 Å². The Kier molecular flexibility index (Phi) is 2.89. The van der Waals surface area contributed by atoms with Crippen molar-refractivity contribution in [2.24, 2.45) is 5.92 Å². The Hall–Kier alpha value is -0.570. The normalized spacial score (nSPS) is 35.6. The lowest BCUT2D eigenvalue weighted by atomic mass is 9.80. The Morgan fingerprint density at radius 3 is 2.82 bits per heavy atom. The van der Waals surface area contributed by atoms with Gasteiger partial charge in [-0.15, -0.1) is 0 Å². The SMILES string of the molecule is CN1C(=O)CCC[C@]12CCCN(CC1CC1)C2. The van der Waals surface area contributed by atoms with Crippen molar-refractivity contribution in [3.8, 4) is 0 Å². The van der Waals surface area contributed by atoms with Crippen molar-refractivity contribution >= 4 is 5.91 Å². The number of rotatable bonds is 2. The molecule has 96 valence electrons. The lowest BCUT2D eigenvalue weighted by Crippen LogP contribution is -2.61. The van der Waals surface area contributed by atoms with E-state index >= 15 is 0 Å². The molecule has 1 saturated carbocycles. The van der Waals surface area contributed by atoms with Crippen molar-refractivity contribution in [3.63, 3.8) is 0 Å². The molecule has 3 fully saturated rings. The summed E-state index contributed by atoms with van der Waals surface area (Å²) in [5, 5.41) is 0. The van der Waals surface area contributed by atoms with E-state index < -0.39 is 0 Å². The highest BCUT2D eigenvalue weighted by Gasteiger charge is 2.43. The minimum absolute atomic E-state index is 0.183. The number of amides is 1. The van der Waals surface area contributed by atoms with Crippen molar-refractivity contribution < 1.29 is 4.79 Å². The smallest absolute Gasteiger partial charge is 0.222 e. The van der Waals surface area contributed by atoms with Crippen molar-refractivity contribution in [1.29, 1.82) is 0 Å². The fourth-order valence-electron chi connectivity index (χ4n) is 3.67. The van der Waals surface area contributed by atoms with Crippen LogP contribution in [0.3, 0.4) is 0 Å². The molecule has 3 rings (SSSR count). The summed E-state index contributed by atoms with van der Waals surface area (Å²) in [6, 6.07) is 0. The van der Waals surface area contributed by atoms with Crippen LogP contribution in [0.25, 0.3) is 0 Å². The molecule has 2 aliphatic heterocycles. The Morgan fingerprint density at radius 2 is 2.06 bits per heavy atom. The van der Waals surface area contributed by atoms with Gasteiger partial charge in [0, 0.05) is 26.6 Å². The van der Waals surface area contributed by atoms with Gasteiger partial charge in [-0.25, -0.2) is 0 Å². The van der Waals surface area contributed by atoms with Crippen LogP contribution in [0, 0.1) is 5.92 Å². The first-order chi connectivity index (χ1) is 8.20. The zero-order valence-corrected chi connectivity index (χ0v) is 11.0. The maximum Gasteiger partial charge on any atom is 0.222 e. The quantitative estimate of drug-likeness (QED) is 0.731. The number of carbonyl (C=O) groups is 1. The van der Waals surface area contributed by atoms with Crippen molar-refractivity contribution in [2.45, 2.75) is 50.5 Å². The van der Waals surface area contributed by atoms with Gasteiger partial charge in [-0.05, 0) is 51.0 Å². The third kappa shape index (κ3) is 2.22. The van der Waals surface area contributed by atoms with Crippen LogP contribution in [0.15, 0.2) is 0 Å². The van der Waals surface area contributed by atoms with Crippen LogP contribution in [-0.2, 0) is 4.79 Å². The maximum atomic E-state index is 11.9. The van der Waals surface area contributed by atoms with E-state index in [1.165, 1.54) is 45.2 Å². The molecule has 1 amide bonds. The first kappa shape index (κ1) is 11.5. The highest BCUT2D eigenvalue weighted by atomic mass is 16.2. The summed E-state index contributed by atoms with van der Waals surface area (Å²) in [6.07, 6.45) is 8.43. The average Bonchev–Trinajstić information content (AvgIpc) is 3.10. The van der Waals surface area contributed by atoms with Gasteiger partial charge in [0.15, 0.2) is 0 Å². The number of hydrogen-bond acceptors (Lipinski definition) is 2. The Balaban J connectivity index is 1.69. The summed E-state index contributed by atoms with van der Waals surface area (Å²) in [4.78, 5) is 16.6. The van der Waals surface area contributed by atoms with Gasteiger partial charge in [-0.2, -0.15) is 0 Å². The highest BCUT2D eigenvalue weighted by molar-refractivity contribution is 5.77. The fraction of sp³-hybridized carbons (Fsp3) is 0.929. The number of likely N-dealkylation sites (N-methyl/N-ethyl adjacent to an activating group) is 1. The molecule has 3 aliphatic rings. The second-order valence-corrected chi connectivity index (χ2v) is 6.31. The van der Waals surface area contributed by atoms with Crippen LogP contribution in [0.2, 0.25) is 0 Å². The van der Waals surface area contributed by atoms with Crippen molar-refractivity contribution in [2.75, 3.05) is 26.7 Å². The number of piperidine rings is 2. The summed E-state index contributed by atoms with van der Waals surface area (Å²) in [5.74, 6) is 1.33. The van der Waals surface area contributed by atoms with E-state index in [4.69, 9.17) is 0 Å². The zero-order chi connectivity index (χ0) is 11.9. The minimum atomic E-state index is 0.183. The van der Waals surface area contributed by atoms with Crippen LogP contribution in [0.1, 0.15) is 44.9 Å². The van der Waals surface area contributed by atoms with E-state index in [0.29, 0.717) is 5.91 Å². The summed E-state index contributed by atoms with van der Waals surface area (Å²) >= 11 is 0. The number of likely N-dealkylation sites (tertiary alicyclic amines) is 2. The molecule has 2 saturated heterocycles. The van der Waals surface area contributed by atoms with Crippen molar-refractivity contribution in [3.05, 3.63) is 0 Å². The number of hydrogen-bond donors (Lipinski definition) is 0. The molecule has 0 aromatic carbocycles. The van der Waals surface area contributed by atoms with E-state index in [9.17, 15) is 4.79 Å². The Labute approximate surface area is 104 Å². The van der Waals surface area contributed by atoms with E-state index in [1.54, 1.807) is 0 Å². The molecular weight excluding hydrogens is 212 g/mol. The highest BCUT2D eigenvalue weighted by Crippen LogP contribution is 2.37. The molecule has 2 heterocycles. The maximum absolute atomic E-state index is 11.9. The predicted molar refractivity (Wildman–Crippen MR) is 67.8 cm³/mol. The predicted octanol–water partition coefficient (Wildman–Crippen LogP) is 1.87. The zero-order valence-electron chi connectivity index (χ0n) is 11.0. The molecular formula is C14H24N2O. The molecule has 1 spiro atoms. The Bertz CT molecular complexity index is 309. The molecule has 3 heteroatoms. The van der Waals surface area contributed by atoms with Gasteiger partial charge < -0.3 is 9.80 Å². The number of nitrogens with zero attached hydrogens (tertiary/aromatic N) is 2. The van der Waals surface area contributed by atoms with Gasteiger partial charge in [0.2, 0.25) is 5.91 Å². The third-order valence-corrected chi connectivity index (χ3v) is 4.97. The minimum Gasteiger partial charge on any atom is -0.339 e. The summed E-state index contributed by atoms with van der Waals surface area (Å²) < 4.78 is 0. The van der Waals surface area contributed by atoms with E-state index in [1.807, 2.05) is 7.05 Å². The van der Waals surface area contributed by atoms with Gasteiger partial charge in [0.1, 0.15) is 0 Å². The monoisotopic (exact) mass is 236 g/mol. The molecule has 0 unspecified atom stereocenters. The largest absolute Gasteiger partial charge is 0.339 e. The van der Waals surface area contributed by atoms with Crippen LogP contribution in [0.5, 0.6) is 0 Å². The number of carbonyl (C=O) groups excluding carboxylic acids is 1. The standard InChI is InChI=1S/C14H24N2O/c1-15-13(17)4-2-7-14(15)8-3-9-16(11-14)10-12-5-6-12/h12H,2-11H2,1H3/t14-/m1/s1. The summed E-state index contributed by atoms with van der Waals surface area (Å²) in [5.41, 5.74) is 0.183. The van der Waals surface area contributed by atoms with E-state index in [0.717, 1.165) is 25.3 Å². The average molecular weight is 236 g/mol. The van der Waals surface area contributed by atoms with Crippen LogP contribution in [0.4, 0.5) is 0 Å². The van der Waals surface area contributed by atoms with Gasteiger partial charge in [-0.3, -0.25) is 4.79 Å². The summed E-state index contributed by atoms with van der Waals surface area (Å²) in [6.45, 7) is 3.66. The molecule has 0 aromatic rings. The van der Waals surface area contributed by atoms with Crippen molar-refractivity contribution in [1.82, 2.24) is 9.80 Å². The topological polar surface area (TPSA) is 23.6 Å². The second kappa shape index (κ2) is 4.27. The molecule has 1 atom stereocenters. The van der Waals surface area contributed by atoms with E-state index in [-0.39, 0.29) is 5.54 Å². The van der Waals surface area contributed by atoms with E-state index in [2.05, 4.69) is 9.80 Å². The first-order valence-corrected chi connectivity index (χ1v) is 7.19. The molecule has 17 heavy (non-hydrogen) atoms. The second-order valence-electron chi connectivity index (χ2n) is 6.31. The van der Waals surface area contributed by atoms with Gasteiger partial charge in [-0.1, -0.05) is 0 Å². The first-order valence-electron chi connectivity index (χ1n) is 7.19.